The van der Waals surface area contributed by atoms with Gasteiger partial charge in [-0.3, -0.25) is 4.79 Å². The summed E-state index contributed by atoms with van der Waals surface area (Å²) < 4.78 is 5.74. The number of morpholine rings is 1. The molecule has 3 unspecified atom stereocenters. The molecule has 2 rings (SSSR count). The Morgan fingerprint density at radius 1 is 1.36 bits per heavy atom. The van der Waals surface area contributed by atoms with Gasteiger partial charge in [-0.05, 0) is 38.8 Å². The van der Waals surface area contributed by atoms with Crippen LogP contribution < -0.4 is 16.0 Å². The molecule has 0 aromatic carbocycles. The van der Waals surface area contributed by atoms with E-state index in [0.717, 1.165) is 24.5 Å². The molecule has 6 nitrogen and oxygen atoms in total. The highest BCUT2D eigenvalue weighted by molar-refractivity contribution is 5.85. The number of pyridine rings is 1. The van der Waals surface area contributed by atoms with Gasteiger partial charge in [-0.15, -0.1) is 24.8 Å². The summed E-state index contributed by atoms with van der Waals surface area (Å²) in [5, 5.41) is 2.90. The van der Waals surface area contributed by atoms with Crippen molar-refractivity contribution in [1.29, 1.82) is 0 Å². The van der Waals surface area contributed by atoms with Crippen LogP contribution in [0.3, 0.4) is 0 Å². The summed E-state index contributed by atoms with van der Waals surface area (Å²) in [4.78, 5) is 18.5. The first-order chi connectivity index (χ1) is 10.9. The molecular weight excluding hydrogens is 363 g/mol. The van der Waals surface area contributed by atoms with Gasteiger partial charge in [0.05, 0.1) is 12.2 Å². The normalized spacial score (nSPS) is 20.9. The van der Waals surface area contributed by atoms with Crippen molar-refractivity contribution in [3.8, 4) is 0 Å². The van der Waals surface area contributed by atoms with Crippen LogP contribution in [-0.4, -0.2) is 42.2 Å². The van der Waals surface area contributed by atoms with Gasteiger partial charge >= 0.3 is 0 Å². The average Bonchev–Trinajstić information content (AvgIpc) is 2.50. The maximum Gasteiger partial charge on any atom is 0.220 e. The molecule has 0 saturated carbocycles. The Kier molecular flexibility index (Phi) is 11.0. The molecule has 3 N–H and O–H groups in total. The standard InChI is InChI=1S/C17H28N4O2.2ClH/c1-12(18)4-7-17(22)20-9-15-5-6-16(19-8-15)21-10-13(2)23-14(3)11-21;;/h5-6,8,12-14H,4,7,9-11,18H2,1-3H3,(H,20,22);2*1H. The highest BCUT2D eigenvalue weighted by atomic mass is 35.5. The summed E-state index contributed by atoms with van der Waals surface area (Å²) in [6.45, 7) is 8.27. The van der Waals surface area contributed by atoms with E-state index in [2.05, 4.69) is 29.0 Å². The Labute approximate surface area is 162 Å². The first-order valence-corrected chi connectivity index (χ1v) is 8.31. The van der Waals surface area contributed by atoms with Crippen molar-refractivity contribution < 1.29 is 9.53 Å². The van der Waals surface area contributed by atoms with Crippen LogP contribution in [0.1, 0.15) is 39.2 Å². The molecule has 0 radical (unpaired) electrons. The predicted molar refractivity (Wildman–Crippen MR) is 106 cm³/mol. The highest BCUT2D eigenvalue weighted by Crippen LogP contribution is 2.18. The molecule has 1 aromatic heterocycles. The Morgan fingerprint density at radius 2 is 2.00 bits per heavy atom. The zero-order valence-corrected chi connectivity index (χ0v) is 16.7. The van der Waals surface area contributed by atoms with Gasteiger partial charge in [0.1, 0.15) is 5.82 Å². The summed E-state index contributed by atoms with van der Waals surface area (Å²) >= 11 is 0. The van der Waals surface area contributed by atoms with E-state index in [0.29, 0.717) is 19.4 Å². The van der Waals surface area contributed by atoms with Gasteiger partial charge < -0.3 is 20.7 Å². The molecule has 1 aliphatic heterocycles. The van der Waals surface area contributed by atoms with E-state index in [-0.39, 0.29) is 49.0 Å². The first-order valence-electron chi connectivity index (χ1n) is 8.31. The number of carbonyl (C=O) groups excluding carboxylic acids is 1. The minimum absolute atomic E-state index is 0. The molecule has 0 aliphatic carbocycles. The van der Waals surface area contributed by atoms with Crippen molar-refractivity contribution in [2.24, 2.45) is 5.73 Å². The summed E-state index contributed by atoms with van der Waals surface area (Å²) in [5.74, 6) is 0.987. The van der Waals surface area contributed by atoms with Crippen LogP contribution in [0, 0.1) is 0 Å². The van der Waals surface area contributed by atoms with Crippen LogP contribution in [0.15, 0.2) is 18.3 Å². The van der Waals surface area contributed by atoms with Gasteiger partial charge in [0.15, 0.2) is 0 Å². The smallest absolute Gasteiger partial charge is 0.220 e. The molecule has 1 amide bonds. The zero-order valence-electron chi connectivity index (χ0n) is 15.1. The van der Waals surface area contributed by atoms with E-state index in [4.69, 9.17) is 10.5 Å². The summed E-state index contributed by atoms with van der Waals surface area (Å²) in [7, 11) is 0. The Bertz CT molecular complexity index is 504. The molecule has 1 aromatic rings. The number of anilines is 1. The number of rotatable bonds is 6. The van der Waals surface area contributed by atoms with E-state index in [9.17, 15) is 4.79 Å². The highest BCUT2D eigenvalue weighted by Gasteiger charge is 2.22. The molecule has 0 spiro atoms. The lowest BCUT2D eigenvalue weighted by Crippen LogP contribution is -2.45. The van der Waals surface area contributed by atoms with Gasteiger partial charge in [0.25, 0.3) is 0 Å². The Balaban J connectivity index is 0.00000288. The number of hydrogen-bond acceptors (Lipinski definition) is 5. The monoisotopic (exact) mass is 392 g/mol. The molecule has 1 aliphatic rings. The molecule has 8 heteroatoms. The van der Waals surface area contributed by atoms with Crippen LogP contribution in [0.4, 0.5) is 5.82 Å². The fourth-order valence-electron chi connectivity index (χ4n) is 2.72. The van der Waals surface area contributed by atoms with Gasteiger partial charge in [0.2, 0.25) is 5.91 Å². The number of nitrogens with two attached hydrogens (primary N) is 1. The van der Waals surface area contributed by atoms with Crippen molar-refractivity contribution in [2.45, 2.75) is 58.4 Å². The lowest BCUT2D eigenvalue weighted by molar-refractivity contribution is -0.121. The number of ether oxygens (including phenoxy) is 1. The van der Waals surface area contributed by atoms with Crippen molar-refractivity contribution in [1.82, 2.24) is 10.3 Å². The van der Waals surface area contributed by atoms with E-state index in [1.807, 2.05) is 25.3 Å². The minimum Gasteiger partial charge on any atom is -0.372 e. The van der Waals surface area contributed by atoms with Crippen molar-refractivity contribution in [3.05, 3.63) is 23.9 Å². The summed E-state index contributed by atoms with van der Waals surface area (Å²) in [5.41, 5.74) is 6.65. The second-order valence-corrected chi connectivity index (χ2v) is 6.48. The SMILES string of the molecule is CC(N)CCC(=O)NCc1ccc(N2CC(C)OC(C)C2)nc1.Cl.Cl. The fourth-order valence-corrected chi connectivity index (χ4v) is 2.72. The lowest BCUT2D eigenvalue weighted by atomic mass is 10.2. The molecule has 1 fully saturated rings. The average molecular weight is 393 g/mol. The summed E-state index contributed by atoms with van der Waals surface area (Å²) in [6, 6.07) is 4.08. The van der Waals surface area contributed by atoms with Crippen LogP contribution in [-0.2, 0) is 16.1 Å². The van der Waals surface area contributed by atoms with Crippen LogP contribution in [0.5, 0.6) is 0 Å². The van der Waals surface area contributed by atoms with Crippen molar-refractivity contribution in [2.75, 3.05) is 18.0 Å². The Morgan fingerprint density at radius 3 is 2.52 bits per heavy atom. The van der Waals surface area contributed by atoms with Gasteiger partial charge in [-0.25, -0.2) is 4.98 Å². The second-order valence-electron chi connectivity index (χ2n) is 6.48. The van der Waals surface area contributed by atoms with E-state index in [1.165, 1.54) is 0 Å². The third-order valence-corrected chi connectivity index (χ3v) is 3.87. The number of aromatic nitrogens is 1. The van der Waals surface area contributed by atoms with Gasteiger partial charge in [-0.1, -0.05) is 6.07 Å². The third kappa shape index (κ3) is 8.23. The minimum atomic E-state index is 0. The molecule has 144 valence electrons. The number of carbonyl (C=O) groups is 1. The molecule has 0 bridgehead atoms. The van der Waals surface area contributed by atoms with Crippen LogP contribution >= 0.6 is 24.8 Å². The van der Waals surface area contributed by atoms with Crippen LogP contribution in [0.2, 0.25) is 0 Å². The summed E-state index contributed by atoms with van der Waals surface area (Å²) in [6.07, 6.45) is 3.42. The quantitative estimate of drug-likeness (QED) is 0.775. The number of nitrogens with one attached hydrogen (secondary N) is 1. The van der Waals surface area contributed by atoms with E-state index in [1.54, 1.807) is 0 Å². The second kappa shape index (κ2) is 11.5. The first kappa shape index (κ1) is 23.9. The molecule has 1 saturated heterocycles. The van der Waals surface area contributed by atoms with Gasteiger partial charge in [-0.2, -0.15) is 0 Å². The Hall–Kier alpha value is -1.08. The third-order valence-electron chi connectivity index (χ3n) is 3.87. The fraction of sp³-hybridized carbons (Fsp3) is 0.647. The van der Waals surface area contributed by atoms with Crippen molar-refractivity contribution in [3.63, 3.8) is 0 Å². The molecule has 3 atom stereocenters. The van der Waals surface area contributed by atoms with E-state index >= 15 is 0 Å². The topological polar surface area (TPSA) is 80.5 Å². The van der Waals surface area contributed by atoms with E-state index < -0.39 is 0 Å². The zero-order chi connectivity index (χ0) is 16.8. The molecule has 25 heavy (non-hydrogen) atoms. The number of halogens is 2. The largest absolute Gasteiger partial charge is 0.372 e. The number of amides is 1. The molecular formula is C17H30Cl2N4O2. The maximum absolute atomic E-state index is 11.7. The van der Waals surface area contributed by atoms with Gasteiger partial charge in [0, 0.05) is 38.3 Å². The predicted octanol–water partition coefficient (Wildman–Crippen LogP) is 2.28. The van der Waals surface area contributed by atoms with Crippen molar-refractivity contribution >= 4 is 36.5 Å². The van der Waals surface area contributed by atoms with Crippen LogP contribution in [0.25, 0.3) is 0 Å². The number of nitrogens with zero attached hydrogens (tertiary/aromatic N) is 2. The maximum atomic E-state index is 11.7. The lowest BCUT2D eigenvalue weighted by Gasteiger charge is -2.36. The molecule has 2 heterocycles. The number of hydrogen-bond donors (Lipinski definition) is 2.